The van der Waals surface area contributed by atoms with Gasteiger partial charge < -0.3 is 0 Å². The van der Waals surface area contributed by atoms with Crippen molar-refractivity contribution in [2.45, 2.75) is 25.2 Å². The van der Waals surface area contributed by atoms with Gasteiger partial charge in [-0.2, -0.15) is 0 Å². The van der Waals surface area contributed by atoms with E-state index in [1.165, 1.54) is 5.70 Å². The fourth-order valence-corrected chi connectivity index (χ4v) is 9.45. The molecule has 1 aliphatic carbocycles. The third-order valence-electron chi connectivity index (χ3n) is 9.73. The van der Waals surface area contributed by atoms with Gasteiger partial charge in [0.25, 0.3) is 0 Å². The normalized spacial score (nSPS) is 15.9. The minimum atomic E-state index is -2.95. The number of rotatable bonds is 4. The summed E-state index contributed by atoms with van der Waals surface area (Å²) in [6.45, 7) is 4.35. The van der Waals surface area contributed by atoms with Crippen LogP contribution in [0, 0.1) is 12.8 Å². The molecule has 1 aliphatic rings. The molecule has 1 unspecified atom stereocenters. The van der Waals surface area contributed by atoms with E-state index in [9.17, 15) is 4.21 Å². The van der Waals surface area contributed by atoms with E-state index in [2.05, 4.69) is 124 Å². The van der Waals surface area contributed by atoms with Crippen molar-refractivity contribution < 1.29 is 4.21 Å². The standard InChI is InChI=1S/C40H34N4OS/c1-26-16-20-30(21-17-26)46(3,45)44-35-14-8-5-11-31(35)32-24-28(18-22-36(32)44)29-19-23-38-39(25-29)43-37-15-9-6-12-33(37)41-40(43)42(38)34-13-7-4-10-27(34)2/h4-9,11-25,27,46H,10H2,1-3H3. The second kappa shape index (κ2) is 9.90. The third-order valence-corrected chi connectivity index (χ3v) is 12.2. The average Bonchev–Trinajstić information content (AvgIpc) is 3.72. The Labute approximate surface area is 268 Å². The second-order valence-corrected chi connectivity index (χ2v) is 15.4. The van der Waals surface area contributed by atoms with Crippen LogP contribution in [0.25, 0.3) is 66.5 Å². The Morgan fingerprint density at radius 1 is 0.739 bits per heavy atom. The number of para-hydroxylation sites is 3. The van der Waals surface area contributed by atoms with Gasteiger partial charge in [-0.25, -0.2) is 4.98 Å². The van der Waals surface area contributed by atoms with Gasteiger partial charge in [-0.1, -0.05) is 79.2 Å². The molecule has 8 aromatic rings. The zero-order valence-electron chi connectivity index (χ0n) is 26.1. The number of nitrogens with zero attached hydrogens (tertiary/aromatic N) is 4. The van der Waals surface area contributed by atoms with Crippen molar-refractivity contribution in [3.8, 4) is 11.1 Å². The smallest absolute Gasteiger partial charge is 0.220 e. The van der Waals surface area contributed by atoms with E-state index in [-0.39, 0.29) is 0 Å². The maximum absolute atomic E-state index is 14.6. The van der Waals surface area contributed by atoms with Crippen molar-refractivity contribution in [1.29, 1.82) is 0 Å². The number of benzene rings is 5. The van der Waals surface area contributed by atoms with Gasteiger partial charge in [0.05, 0.1) is 33.1 Å². The molecule has 0 saturated heterocycles. The maximum atomic E-state index is 14.6. The van der Waals surface area contributed by atoms with Crippen LogP contribution >= 0.6 is 0 Å². The molecule has 0 radical (unpaired) electrons. The van der Waals surface area contributed by atoms with Crippen LogP contribution in [0.3, 0.4) is 0 Å². The monoisotopic (exact) mass is 618 g/mol. The molecule has 3 aromatic heterocycles. The van der Waals surface area contributed by atoms with Crippen molar-refractivity contribution in [2.24, 2.45) is 5.92 Å². The molecule has 6 heteroatoms. The first-order chi connectivity index (χ1) is 22.4. The maximum Gasteiger partial charge on any atom is 0.220 e. The molecule has 3 heterocycles. The minimum absolute atomic E-state index is 0.387. The third kappa shape index (κ3) is 3.86. The first-order valence-corrected chi connectivity index (χ1v) is 18.0. The summed E-state index contributed by atoms with van der Waals surface area (Å²) >= 11 is 0. The summed E-state index contributed by atoms with van der Waals surface area (Å²) in [5.74, 6) is 1.33. The minimum Gasteiger partial charge on any atom is -0.282 e. The quantitative estimate of drug-likeness (QED) is 0.200. The van der Waals surface area contributed by atoms with Crippen LogP contribution in [-0.2, 0) is 10.1 Å². The Bertz CT molecular complexity index is 2630. The molecule has 226 valence electrons. The van der Waals surface area contributed by atoms with E-state index >= 15 is 0 Å². The zero-order chi connectivity index (χ0) is 31.2. The summed E-state index contributed by atoms with van der Waals surface area (Å²) in [6, 6.07) is 38.2. The van der Waals surface area contributed by atoms with Gasteiger partial charge in [-0.15, -0.1) is 0 Å². The molecule has 0 aliphatic heterocycles. The number of hydrogen-bond donors (Lipinski definition) is 1. The van der Waals surface area contributed by atoms with E-state index < -0.39 is 10.1 Å². The van der Waals surface area contributed by atoms with Crippen molar-refractivity contribution in [3.63, 3.8) is 0 Å². The number of hydrogen-bond acceptors (Lipinski definition) is 2. The number of allylic oxidation sites excluding steroid dienone is 4. The van der Waals surface area contributed by atoms with Crippen molar-refractivity contribution >= 4 is 65.5 Å². The Morgan fingerprint density at radius 3 is 2.24 bits per heavy atom. The number of aryl methyl sites for hydroxylation is 1. The van der Waals surface area contributed by atoms with Crippen LogP contribution in [-0.4, -0.2) is 28.4 Å². The molecule has 0 spiro atoms. The highest BCUT2D eigenvalue weighted by Crippen LogP contribution is 2.39. The van der Waals surface area contributed by atoms with Gasteiger partial charge in [0, 0.05) is 33.5 Å². The predicted octanol–water partition coefficient (Wildman–Crippen LogP) is 9.43. The Kier molecular flexibility index (Phi) is 5.84. The molecule has 0 saturated carbocycles. The number of imidazole rings is 2. The van der Waals surface area contributed by atoms with Gasteiger partial charge in [0.2, 0.25) is 5.78 Å². The molecular weight excluding hydrogens is 585 g/mol. The van der Waals surface area contributed by atoms with E-state index in [0.717, 1.165) is 77.7 Å². The summed E-state index contributed by atoms with van der Waals surface area (Å²) in [4.78, 5) is 5.98. The van der Waals surface area contributed by atoms with Crippen LogP contribution in [0.5, 0.6) is 0 Å². The highest BCUT2D eigenvalue weighted by molar-refractivity contribution is 8.01. The van der Waals surface area contributed by atoms with Gasteiger partial charge in [-0.3, -0.25) is 17.1 Å². The molecule has 0 bridgehead atoms. The van der Waals surface area contributed by atoms with Crippen LogP contribution in [0.15, 0.2) is 132 Å². The molecule has 0 amide bonds. The van der Waals surface area contributed by atoms with E-state index in [0.29, 0.717) is 5.92 Å². The van der Waals surface area contributed by atoms with E-state index in [4.69, 9.17) is 4.98 Å². The Morgan fingerprint density at radius 2 is 1.43 bits per heavy atom. The summed E-state index contributed by atoms with van der Waals surface area (Å²) in [7, 11) is -2.95. The second-order valence-electron chi connectivity index (χ2n) is 12.7. The Hall–Kier alpha value is -5.20. The van der Waals surface area contributed by atoms with Gasteiger partial charge in [0.1, 0.15) is 0 Å². The molecule has 5 aromatic carbocycles. The fourth-order valence-electron chi connectivity index (χ4n) is 7.34. The van der Waals surface area contributed by atoms with Crippen LogP contribution in [0.1, 0.15) is 18.9 Å². The van der Waals surface area contributed by atoms with Gasteiger partial charge >= 0.3 is 0 Å². The van der Waals surface area contributed by atoms with Gasteiger partial charge in [0.15, 0.2) is 0 Å². The van der Waals surface area contributed by atoms with Gasteiger partial charge in [-0.05, 0) is 95.3 Å². The van der Waals surface area contributed by atoms with Crippen LogP contribution < -0.4 is 0 Å². The molecular formula is C40H34N4OS. The molecule has 5 nitrogen and oxygen atoms in total. The first-order valence-electron chi connectivity index (χ1n) is 15.9. The van der Waals surface area contributed by atoms with Crippen LogP contribution in [0.4, 0.5) is 0 Å². The topological polar surface area (TPSA) is 44.2 Å². The van der Waals surface area contributed by atoms with E-state index in [1.54, 1.807) is 0 Å². The fraction of sp³-hybridized carbons (Fsp3) is 0.125. The molecule has 0 N–H and O–H groups in total. The lowest BCUT2D eigenvalue weighted by molar-refractivity contribution is 0.670. The van der Waals surface area contributed by atoms with Crippen molar-refractivity contribution in [3.05, 3.63) is 133 Å². The average molecular weight is 619 g/mol. The zero-order valence-corrected chi connectivity index (χ0v) is 26.9. The number of thiol groups is 1. The van der Waals surface area contributed by atoms with Crippen molar-refractivity contribution in [2.75, 3.05) is 6.26 Å². The van der Waals surface area contributed by atoms with E-state index in [1.807, 2.05) is 36.6 Å². The Balaban J connectivity index is 1.27. The summed E-state index contributed by atoms with van der Waals surface area (Å²) < 4.78 is 21.3. The lowest BCUT2D eigenvalue weighted by Crippen LogP contribution is -2.20. The lowest BCUT2D eigenvalue weighted by atomic mass is 9.98. The molecule has 9 rings (SSSR count). The number of aromatic nitrogens is 4. The van der Waals surface area contributed by atoms with Crippen LogP contribution in [0.2, 0.25) is 0 Å². The summed E-state index contributed by atoms with van der Waals surface area (Å²) in [5.41, 5.74) is 11.0. The molecule has 0 fully saturated rings. The first kappa shape index (κ1) is 27.1. The predicted molar refractivity (Wildman–Crippen MR) is 194 cm³/mol. The lowest BCUT2D eigenvalue weighted by Gasteiger charge is -2.24. The summed E-state index contributed by atoms with van der Waals surface area (Å²) in [5, 5.41) is 2.21. The summed E-state index contributed by atoms with van der Waals surface area (Å²) in [6.07, 6.45) is 9.53. The molecule has 46 heavy (non-hydrogen) atoms. The number of fused-ring (bicyclic) bond motifs is 8. The van der Waals surface area contributed by atoms with Crippen molar-refractivity contribution in [1.82, 2.24) is 17.9 Å². The molecule has 1 atom stereocenters. The largest absolute Gasteiger partial charge is 0.282 e. The highest BCUT2D eigenvalue weighted by atomic mass is 32.3. The highest BCUT2D eigenvalue weighted by Gasteiger charge is 2.24. The SMILES string of the molecule is Cc1ccc([SH](C)(=O)n2c3ccccc3c3cc(-c4ccc5c(c4)n4c6ccccc6nc4n5C4=CC=CCC4C)ccc32)cc1.